The van der Waals surface area contributed by atoms with Crippen molar-refractivity contribution in [3.63, 3.8) is 0 Å². The maximum Gasteiger partial charge on any atom is 0.272 e. The largest absolute Gasteiger partial charge is 0.272 e. The summed E-state index contributed by atoms with van der Waals surface area (Å²) in [6, 6.07) is 12.5. The van der Waals surface area contributed by atoms with E-state index >= 15 is 0 Å². The predicted molar refractivity (Wildman–Crippen MR) is 79.1 cm³/mol. The number of rotatable bonds is 5. The van der Waals surface area contributed by atoms with Crippen molar-refractivity contribution < 1.29 is 8.42 Å². The third-order valence-corrected chi connectivity index (χ3v) is 4.68. The van der Waals surface area contributed by atoms with Crippen LogP contribution in [0, 0.1) is 0 Å². The molecule has 7 nitrogen and oxygen atoms in total. The fraction of sp³-hybridized carbons (Fsp3) is 0.143. The van der Waals surface area contributed by atoms with Gasteiger partial charge in [-0.1, -0.05) is 23.3 Å². The molecule has 0 aliphatic heterocycles. The van der Waals surface area contributed by atoms with E-state index in [0.717, 1.165) is 5.56 Å². The summed E-state index contributed by atoms with van der Waals surface area (Å²) in [5.41, 5.74) is 1.51. The number of hydrogen-bond acceptors (Lipinski definition) is 6. The average Bonchev–Trinajstić information content (AvgIpc) is 3.06. The summed E-state index contributed by atoms with van der Waals surface area (Å²) in [4.78, 5) is 3.91. The van der Waals surface area contributed by atoms with E-state index in [1.54, 1.807) is 48.8 Å². The Morgan fingerprint density at radius 2 is 1.73 bits per heavy atom. The van der Waals surface area contributed by atoms with E-state index in [4.69, 9.17) is 0 Å². The molecule has 0 spiro atoms. The van der Waals surface area contributed by atoms with Crippen LogP contribution in [0.1, 0.15) is 5.56 Å². The first-order valence-corrected chi connectivity index (χ1v) is 8.27. The highest BCUT2D eigenvalue weighted by Crippen LogP contribution is 2.14. The van der Waals surface area contributed by atoms with Crippen LogP contribution in [0.25, 0.3) is 5.69 Å². The van der Waals surface area contributed by atoms with Crippen LogP contribution in [-0.4, -0.2) is 39.4 Å². The maximum atomic E-state index is 12.5. The van der Waals surface area contributed by atoms with Gasteiger partial charge in [0.2, 0.25) is 9.84 Å². The van der Waals surface area contributed by atoms with Gasteiger partial charge in [-0.3, -0.25) is 4.98 Å². The summed E-state index contributed by atoms with van der Waals surface area (Å²) in [7, 11) is -3.59. The molecule has 8 heteroatoms. The lowest BCUT2D eigenvalue weighted by atomic mass is 10.2. The van der Waals surface area contributed by atoms with E-state index in [1.807, 2.05) is 6.07 Å². The summed E-state index contributed by atoms with van der Waals surface area (Å²) in [5.74, 6) is -0.0653. The number of hydrogen-bond donors (Lipinski definition) is 0. The van der Waals surface area contributed by atoms with Crippen molar-refractivity contribution >= 4 is 9.84 Å². The summed E-state index contributed by atoms with van der Waals surface area (Å²) < 4.78 is 26.2. The standard InChI is InChI=1S/C14H13N5O2S/c20-22(21,11-8-12-6-9-15-10-7-12)14-16-17-18-19(14)13-4-2-1-3-5-13/h1-7,9-10H,8,11H2. The van der Waals surface area contributed by atoms with Crippen LogP contribution < -0.4 is 0 Å². The summed E-state index contributed by atoms with van der Waals surface area (Å²) in [6.45, 7) is 0. The second-order valence-electron chi connectivity index (χ2n) is 4.63. The van der Waals surface area contributed by atoms with Crippen LogP contribution in [0.3, 0.4) is 0 Å². The normalized spacial score (nSPS) is 11.5. The van der Waals surface area contributed by atoms with Gasteiger partial charge < -0.3 is 0 Å². The highest BCUT2D eigenvalue weighted by Gasteiger charge is 2.23. The van der Waals surface area contributed by atoms with Crippen LogP contribution in [-0.2, 0) is 16.3 Å². The fourth-order valence-electron chi connectivity index (χ4n) is 2.00. The van der Waals surface area contributed by atoms with Gasteiger partial charge in [0.05, 0.1) is 11.4 Å². The van der Waals surface area contributed by atoms with Crippen molar-refractivity contribution in [2.75, 3.05) is 5.75 Å². The Morgan fingerprint density at radius 1 is 1.00 bits per heavy atom. The van der Waals surface area contributed by atoms with Crippen molar-refractivity contribution in [2.45, 2.75) is 11.6 Å². The molecule has 0 saturated heterocycles. The van der Waals surface area contributed by atoms with Crippen LogP contribution in [0.5, 0.6) is 0 Å². The average molecular weight is 315 g/mol. The quantitative estimate of drug-likeness (QED) is 0.699. The number of benzene rings is 1. The number of pyridine rings is 1. The van der Waals surface area contributed by atoms with E-state index in [0.29, 0.717) is 12.1 Å². The fourth-order valence-corrected chi connectivity index (χ4v) is 3.25. The van der Waals surface area contributed by atoms with Gasteiger partial charge in [0.15, 0.2) is 0 Å². The summed E-state index contributed by atoms with van der Waals surface area (Å²) >= 11 is 0. The van der Waals surface area contributed by atoms with E-state index in [2.05, 4.69) is 20.5 Å². The zero-order chi connectivity index (χ0) is 15.4. The van der Waals surface area contributed by atoms with E-state index < -0.39 is 9.84 Å². The molecular weight excluding hydrogens is 302 g/mol. The highest BCUT2D eigenvalue weighted by atomic mass is 32.2. The molecule has 1 aromatic carbocycles. The lowest BCUT2D eigenvalue weighted by molar-refractivity contribution is 0.579. The number of sulfone groups is 1. The minimum atomic E-state index is -3.59. The van der Waals surface area contributed by atoms with Gasteiger partial charge in [0, 0.05) is 12.4 Å². The Balaban J connectivity index is 1.86. The smallest absolute Gasteiger partial charge is 0.265 e. The van der Waals surface area contributed by atoms with Gasteiger partial charge in [-0.25, -0.2) is 8.42 Å². The van der Waals surface area contributed by atoms with Crippen molar-refractivity contribution in [3.05, 3.63) is 60.4 Å². The van der Waals surface area contributed by atoms with Gasteiger partial charge in [0.1, 0.15) is 0 Å². The Kier molecular flexibility index (Phi) is 3.92. The molecule has 0 unspecified atom stereocenters. The van der Waals surface area contributed by atoms with Gasteiger partial charge in [-0.2, -0.15) is 4.68 Å². The predicted octanol–water partition coefficient (Wildman–Crippen LogP) is 1.07. The minimum Gasteiger partial charge on any atom is -0.265 e. The second kappa shape index (κ2) is 6.02. The lowest BCUT2D eigenvalue weighted by Gasteiger charge is -2.05. The zero-order valence-electron chi connectivity index (χ0n) is 11.6. The Labute approximate surface area is 127 Å². The van der Waals surface area contributed by atoms with E-state index in [-0.39, 0.29) is 10.9 Å². The molecule has 3 aromatic rings. The topological polar surface area (TPSA) is 90.6 Å². The molecule has 2 aromatic heterocycles. The van der Waals surface area contributed by atoms with Crippen LogP contribution in [0.4, 0.5) is 0 Å². The molecule has 0 N–H and O–H groups in total. The first kappa shape index (κ1) is 14.3. The second-order valence-corrected chi connectivity index (χ2v) is 6.64. The third-order valence-electron chi connectivity index (χ3n) is 3.13. The monoisotopic (exact) mass is 315 g/mol. The van der Waals surface area contributed by atoms with Crippen molar-refractivity contribution in [3.8, 4) is 5.69 Å². The van der Waals surface area contributed by atoms with Crippen molar-refractivity contribution in [1.82, 2.24) is 25.2 Å². The molecule has 0 saturated carbocycles. The number of aromatic nitrogens is 5. The Hall–Kier alpha value is -2.61. The summed E-state index contributed by atoms with van der Waals surface area (Å²) in [6.07, 6.45) is 3.65. The zero-order valence-corrected chi connectivity index (χ0v) is 12.4. The molecule has 0 radical (unpaired) electrons. The number of nitrogens with zero attached hydrogens (tertiary/aromatic N) is 5. The molecule has 0 amide bonds. The number of para-hydroxylation sites is 1. The highest BCUT2D eigenvalue weighted by molar-refractivity contribution is 7.91. The van der Waals surface area contributed by atoms with Crippen molar-refractivity contribution in [2.24, 2.45) is 0 Å². The number of aryl methyl sites for hydroxylation is 1. The molecule has 2 heterocycles. The van der Waals surface area contributed by atoms with Gasteiger partial charge in [-0.05, 0) is 46.7 Å². The molecule has 0 fully saturated rings. The molecule has 0 aliphatic carbocycles. The summed E-state index contributed by atoms with van der Waals surface area (Å²) in [5, 5.41) is 10.8. The molecule has 112 valence electrons. The Bertz CT molecular complexity index is 847. The Morgan fingerprint density at radius 3 is 2.45 bits per heavy atom. The van der Waals surface area contributed by atoms with Crippen LogP contribution in [0.15, 0.2) is 60.0 Å². The van der Waals surface area contributed by atoms with Gasteiger partial charge in [0.25, 0.3) is 5.16 Å². The first-order valence-electron chi connectivity index (χ1n) is 6.62. The first-order chi connectivity index (χ1) is 10.7. The minimum absolute atomic E-state index is 0.0653. The van der Waals surface area contributed by atoms with E-state index in [1.165, 1.54) is 4.68 Å². The molecule has 0 aliphatic rings. The third kappa shape index (κ3) is 3.01. The van der Waals surface area contributed by atoms with Crippen molar-refractivity contribution in [1.29, 1.82) is 0 Å². The molecular formula is C14H13N5O2S. The molecule has 22 heavy (non-hydrogen) atoms. The maximum absolute atomic E-state index is 12.5. The van der Waals surface area contributed by atoms with Gasteiger partial charge >= 0.3 is 0 Å². The lowest BCUT2D eigenvalue weighted by Crippen LogP contribution is -2.15. The number of tetrazole rings is 1. The molecule has 3 rings (SSSR count). The van der Waals surface area contributed by atoms with E-state index in [9.17, 15) is 8.42 Å². The van der Waals surface area contributed by atoms with Crippen LogP contribution >= 0.6 is 0 Å². The SMILES string of the molecule is O=S(=O)(CCc1ccncc1)c1nnnn1-c1ccccc1. The van der Waals surface area contributed by atoms with Gasteiger partial charge in [-0.15, -0.1) is 0 Å². The molecule has 0 bridgehead atoms. The van der Waals surface area contributed by atoms with Crippen LogP contribution in [0.2, 0.25) is 0 Å². The molecule has 0 atom stereocenters.